The minimum Gasteiger partial charge on any atom is -0.507 e. The molecule has 2 rings (SSSR count). The van der Waals surface area contributed by atoms with Crippen molar-refractivity contribution in [2.75, 3.05) is 0 Å². The third-order valence-corrected chi connectivity index (χ3v) is 3.37. The Morgan fingerprint density at radius 3 is 2.25 bits per heavy atom. The first-order valence-electron chi connectivity index (χ1n) is 6.29. The van der Waals surface area contributed by atoms with Gasteiger partial charge in [0, 0.05) is 5.56 Å². The Kier molecular flexibility index (Phi) is 4.30. The monoisotopic (exact) mass is 284 g/mol. The lowest BCUT2D eigenvalue weighted by Gasteiger charge is -2.04. The number of phenolic OH excluding ortho intramolecular Hbond substituents is 1. The maximum atomic E-state index is 11.2. The maximum absolute atomic E-state index is 11.2. The van der Waals surface area contributed by atoms with E-state index in [1.807, 2.05) is 50.3 Å². The molecule has 0 amide bonds. The van der Waals surface area contributed by atoms with Gasteiger partial charge in [-0.1, -0.05) is 30.4 Å². The number of rotatable bonds is 3. The van der Waals surface area contributed by atoms with Crippen molar-refractivity contribution in [2.24, 2.45) is 0 Å². The van der Waals surface area contributed by atoms with Gasteiger partial charge in [-0.3, -0.25) is 4.79 Å². The summed E-state index contributed by atoms with van der Waals surface area (Å²) in [6.07, 6.45) is 3.90. The second kappa shape index (κ2) is 5.97. The topological polar surface area (TPSA) is 37.3 Å². The molecule has 0 unspecified atom stereocenters. The molecule has 2 nitrogen and oxygen atoms in total. The van der Waals surface area contributed by atoms with Gasteiger partial charge in [-0.05, 0) is 54.3 Å². The van der Waals surface area contributed by atoms with E-state index in [-0.39, 0.29) is 5.12 Å². The molecule has 0 radical (unpaired) electrons. The third kappa shape index (κ3) is 3.31. The van der Waals surface area contributed by atoms with Crippen LogP contribution in [0.1, 0.15) is 32.6 Å². The minimum absolute atomic E-state index is 0.239. The second-order valence-electron chi connectivity index (χ2n) is 4.77. The average molecular weight is 284 g/mol. The molecule has 0 bridgehead atoms. The van der Waals surface area contributed by atoms with Gasteiger partial charge in [0.1, 0.15) is 5.75 Å². The summed E-state index contributed by atoms with van der Waals surface area (Å²) >= 11 is 3.82. The number of phenols is 1. The van der Waals surface area contributed by atoms with Gasteiger partial charge >= 0.3 is 0 Å². The summed E-state index contributed by atoms with van der Waals surface area (Å²) in [5, 5.41) is 9.50. The number of hydrogen-bond acceptors (Lipinski definition) is 2. The maximum Gasteiger partial charge on any atom is 0.216 e. The van der Waals surface area contributed by atoms with Crippen LogP contribution in [0, 0.1) is 13.8 Å². The highest BCUT2D eigenvalue weighted by Crippen LogP contribution is 2.24. The smallest absolute Gasteiger partial charge is 0.216 e. The fourth-order valence-electron chi connectivity index (χ4n) is 2.05. The lowest BCUT2D eigenvalue weighted by atomic mass is 10.0. The SMILES string of the molecule is Cc1cc(C=Cc2cccc(C(=O)S)c2)cc(C)c1O. The summed E-state index contributed by atoms with van der Waals surface area (Å²) in [6.45, 7) is 3.75. The molecule has 102 valence electrons. The summed E-state index contributed by atoms with van der Waals surface area (Å²) in [7, 11) is 0. The van der Waals surface area contributed by atoms with Crippen molar-refractivity contribution < 1.29 is 9.90 Å². The minimum atomic E-state index is -0.239. The Bertz CT molecular complexity index is 664. The van der Waals surface area contributed by atoms with Crippen molar-refractivity contribution in [3.8, 4) is 5.75 Å². The zero-order valence-corrected chi connectivity index (χ0v) is 12.3. The first kappa shape index (κ1) is 14.4. The van der Waals surface area contributed by atoms with Crippen molar-refractivity contribution >= 4 is 29.9 Å². The van der Waals surface area contributed by atoms with Gasteiger partial charge in [-0.25, -0.2) is 0 Å². The number of aryl methyl sites for hydroxylation is 2. The fourth-order valence-corrected chi connectivity index (χ4v) is 2.19. The lowest BCUT2D eigenvalue weighted by Crippen LogP contribution is -1.88. The average Bonchev–Trinajstić information content (AvgIpc) is 2.42. The number of carbonyl (C=O) groups excluding carboxylic acids is 1. The van der Waals surface area contributed by atoms with Crippen LogP contribution >= 0.6 is 12.6 Å². The van der Waals surface area contributed by atoms with E-state index >= 15 is 0 Å². The van der Waals surface area contributed by atoms with Crippen LogP contribution in [0.4, 0.5) is 0 Å². The van der Waals surface area contributed by atoms with Crippen molar-refractivity contribution in [1.82, 2.24) is 0 Å². The van der Waals surface area contributed by atoms with E-state index in [4.69, 9.17) is 0 Å². The van der Waals surface area contributed by atoms with Crippen LogP contribution in [0.5, 0.6) is 5.75 Å². The van der Waals surface area contributed by atoms with Crippen LogP contribution in [-0.2, 0) is 0 Å². The van der Waals surface area contributed by atoms with Crippen LogP contribution in [0.2, 0.25) is 0 Å². The summed E-state index contributed by atoms with van der Waals surface area (Å²) in [5.74, 6) is 0.338. The number of aromatic hydroxyl groups is 1. The van der Waals surface area contributed by atoms with Gasteiger partial charge in [-0.15, -0.1) is 12.6 Å². The highest BCUT2D eigenvalue weighted by Gasteiger charge is 2.02. The fraction of sp³-hybridized carbons (Fsp3) is 0.118. The Labute approximate surface area is 124 Å². The number of benzene rings is 2. The van der Waals surface area contributed by atoms with Crippen LogP contribution in [0.3, 0.4) is 0 Å². The van der Waals surface area contributed by atoms with E-state index in [2.05, 4.69) is 12.6 Å². The molecule has 2 aromatic rings. The molecular formula is C17H16O2S. The van der Waals surface area contributed by atoms with Crippen LogP contribution < -0.4 is 0 Å². The van der Waals surface area contributed by atoms with E-state index in [9.17, 15) is 9.90 Å². The van der Waals surface area contributed by atoms with E-state index in [1.165, 1.54) is 0 Å². The molecular weight excluding hydrogens is 268 g/mol. The molecule has 2 aromatic carbocycles. The normalized spacial score (nSPS) is 10.9. The number of hydrogen-bond donors (Lipinski definition) is 2. The van der Waals surface area contributed by atoms with Gasteiger partial charge in [-0.2, -0.15) is 0 Å². The predicted molar refractivity (Wildman–Crippen MR) is 86.3 cm³/mol. The van der Waals surface area contributed by atoms with Crippen molar-refractivity contribution in [2.45, 2.75) is 13.8 Å². The third-order valence-electron chi connectivity index (χ3n) is 3.12. The molecule has 0 saturated carbocycles. The molecule has 0 heterocycles. The zero-order valence-electron chi connectivity index (χ0n) is 11.4. The molecule has 0 aliphatic heterocycles. The molecule has 0 fully saturated rings. The van der Waals surface area contributed by atoms with Crippen molar-refractivity contribution in [3.05, 3.63) is 64.2 Å². The quantitative estimate of drug-likeness (QED) is 0.653. The Morgan fingerprint density at radius 1 is 1.05 bits per heavy atom. The molecule has 0 spiro atoms. The predicted octanol–water partition coefficient (Wildman–Crippen LogP) is 4.25. The summed E-state index contributed by atoms with van der Waals surface area (Å²) in [4.78, 5) is 11.2. The Hall–Kier alpha value is -2.00. The Morgan fingerprint density at radius 2 is 1.65 bits per heavy atom. The Balaban J connectivity index is 2.30. The zero-order chi connectivity index (χ0) is 14.7. The first-order valence-corrected chi connectivity index (χ1v) is 6.74. The van der Waals surface area contributed by atoms with Crippen LogP contribution in [0.25, 0.3) is 12.2 Å². The molecule has 0 aliphatic rings. The summed E-state index contributed by atoms with van der Waals surface area (Å²) in [5.41, 5.74) is 4.23. The van der Waals surface area contributed by atoms with E-state index in [0.29, 0.717) is 11.3 Å². The molecule has 1 N–H and O–H groups in total. The second-order valence-corrected chi connectivity index (χ2v) is 5.17. The van der Waals surface area contributed by atoms with Crippen molar-refractivity contribution in [1.29, 1.82) is 0 Å². The molecule has 20 heavy (non-hydrogen) atoms. The standard InChI is InChI=1S/C17H16O2S/c1-11-8-14(9-12(2)16(11)18)7-6-13-4-3-5-15(10-13)17(19)20/h3-10,18H,1-2H3,(H,19,20). The summed E-state index contributed by atoms with van der Waals surface area (Å²) in [6, 6.07) is 11.1. The summed E-state index contributed by atoms with van der Waals surface area (Å²) < 4.78 is 0. The van der Waals surface area contributed by atoms with E-state index < -0.39 is 0 Å². The largest absolute Gasteiger partial charge is 0.507 e. The van der Waals surface area contributed by atoms with E-state index in [0.717, 1.165) is 22.3 Å². The molecule has 3 heteroatoms. The highest BCUT2D eigenvalue weighted by atomic mass is 32.1. The first-order chi connectivity index (χ1) is 9.47. The molecule has 0 atom stereocenters. The number of carbonyl (C=O) groups is 1. The molecule has 0 saturated heterocycles. The van der Waals surface area contributed by atoms with Crippen molar-refractivity contribution in [3.63, 3.8) is 0 Å². The lowest BCUT2D eigenvalue weighted by molar-refractivity contribution is 0.109. The van der Waals surface area contributed by atoms with Gasteiger partial charge in [0.15, 0.2) is 0 Å². The highest BCUT2D eigenvalue weighted by molar-refractivity contribution is 7.97. The number of thiol groups is 1. The van der Waals surface area contributed by atoms with Gasteiger partial charge < -0.3 is 5.11 Å². The van der Waals surface area contributed by atoms with Crippen LogP contribution in [0.15, 0.2) is 36.4 Å². The van der Waals surface area contributed by atoms with Crippen LogP contribution in [-0.4, -0.2) is 10.2 Å². The van der Waals surface area contributed by atoms with E-state index in [1.54, 1.807) is 12.1 Å². The van der Waals surface area contributed by atoms with Gasteiger partial charge in [0.25, 0.3) is 0 Å². The van der Waals surface area contributed by atoms with Gasteiger partial charge in [0.2, 0.25) is 5.12 Å². The van der Waals surface area contributed by atoms with Gasteiger partial charge in [0.05, 0.1) is 0 Å². The molecule has 0 aromatic heterocycles. The molecule has 0 aliphatic carbocycles.